The monoisotopic (exact) mass is 648 g/mol. The molecule has 0 rings (SSSR count). The van der Waals surface area contributed by atoms with Crippen LogP contribution in [0.25, 0.3) is 0 Å². The molecule has 0 aliphatic carbocycles. The molecule has 0 aliphatic rings. The fourth-order valence-corrected chi connectivity index (χ4v) is 3.85. The Kier molecular flexibility index (Phi) is 65.9. The molecule has 0 aromatic carbocycles. The second-order valence-electron chi connectivity index (χ2n) is 10.9. The summed E-state index contributed by atoms with van der Waals surface area (Å²) in [6.45, 7) is 8.61. The van der Waals surface area contributed by atoms with Crippen molar-refractivity contribution in [2.24, 2.45) is 0 Å². The van der Waals surface area contributed by atoms with Gasteiger partial charge in [-0.2, -0.15) is 0 Å². The number of unbranched alkanes of at least 4 members (excludes halogenated alkanes) is 18. The van der Waals surface area contributed by atoms with Crippen molar-refractivity contribution in [1.82, 2.24) is 0 Å². The van der Waals surface area contributed by atoms with E-state index >= 15 is 0 Å². The minimum atomic E-state index is -0.920. The Morgan fingerprint density at radius 2 is 0.432 bits per heavy atom. The zero-order chi connectivity index (χ0) is 32.7. The van der Waals surface area contributed by atoms with Gasteiger partial charge in [-0.25, -0.2) is 0 Å². The van der Waals surface area contributed by atoms with Crippen LogP contribution in [0.15, 0.2) is 0 Å². The Morgan fingerprint density at radius 1 is 0.295 bits per heavy atom. The van der Waals surface area contributed by atoms with E-state index < -0.39 is 23.9 Å². The summed E-state index contributed by atoms with van der Waals surface area (Å²) in [6.07, 6.45) is 25.1. The molecule has 0 unspecified atom stereocenters. The molecule has 0 aromatic heterocycles. The van der Waals surface area contributed by atoms with Crippen molar-refractivity contribution >= 4 is 70.0 Å². The van der Waals surface area contributed by atoms with Gasteiger partial charge in [0.25, 0.3) is 0 Å². The third-order valence-electron chi connectivity index (χ3n) is 6.44. The van der Waals surface area contributed by atoms with Gasteiger partial charge < -0.3 is 39.6 Å². The average molecular weight is 649 g/mol. The van der Waals surface area contributed by atoms with E-state index in [0.29, 0.717) is 0 Å². The molecule has 10 heteroatoms. The molecule has 0 N–H and O–H groups in total. The number of hydrogen-bond acceptors (Lipinski definition) is 8. The maximum Gasteiger partial charge on any atom is 2.00 e. The molecule has 0 aromatic rings. The second kappa shape index (κ2) is 52.0. The van der Waals surface area contributed by atoms with Crippen molar-refractivity contribution in [1.29, 1.82) is 0 Å². The number of carbonyl (C=O) groups excluding carboxylic acids is 4. The van der Waals surface area contributed by atoms with Crippen LogP contribution in [0.2, 0.25) is 0 Å². The van der Waals surface area contributed by atoms with Gasteiger partial charge >= 0.3 is 46.1 Å². The van der Waals surface area contributed by atoms with Gasteiger partial charge in [0.2, 0.25) is 0 Å². The predicted molar refractivity (Wildman–Crippen MR) is 174 cm³/mol. The van der Waals surface area contributed by atoms with Gasteiger partial charge in [0.05, 0.1) is 0 Å². The molecule has 252 valence electrons. The molecular formula is C34H64Mg2O8. The largest absolute Gasteiger partial charge is 2.00 e. The first kappa shape index (κ1) is 55.8. The normalized spacial score (nSPS) is 9.36. The fourth-order valence-electron chi connectivity index (χ4n) is 3.85. The molecule has 44 heavy (non-hydrogen) atoms. The van der Waals surface area contributed by atoms with Crippen LogP contribution in [0.5, 0.6) is 0 Å². The molecular weight excluding hydrogens is 585 g/mol. The SMILES string of the molecule is CCCCCCCC(=O)[O-].CCCCCCCC(=O)[O-].CCCCCCCCC(=O)[O-].CCCCCCCCC(=O)[O-].[Mg+2].[Mg+2]. The van der Waals surface area contributed by atoms with Crippen molar-refractivity contribution < 1.29 is 39.6 Å². The molecule has 0 saturated carbocycles. The summed E-state index contributed by atoms with van der Waals surface area (Å²) in [4.78, 5) is 39.8. The minimum absolute atomic E-state index is 0. The summed E-state index contributed by atoms with van der Waals surface area (Å²) in [5, 5.41) is 39.8. The second-order valence-corrected chi connectivity index (χ2v) is 10.9. The molecule has 0 saturated heterocycles. The van der Waals surface area contributed by atoms with E-state index in [0.717, 1.165) is 64.2 Å². The number of hydrogen-bond donors (Lipinski definition) is 0. The summed E-state index contributed by atoms with van der Waals surface area (Å²) in [5.74, 6) is -3.67. The van der Waals surface area contributed by atoms with Crippen LogP contribution in [0, 0.1) is 0 Å². The quantitative estimate of drug-likeness (QED) is 0.0984. The van der Waals surface area contributed by atoms with E-state index in [-0.39, 0.29) is 71.8 Å². The topological polar surface area (TPSA) is 161 Å². The Hall–Kier alpha value is -0.588. The van der Waals surface area contributed by atoms with Gasteiger partial charge in [0.15, 0.2) is 0 Å². The summed E-state index contributed by atoms with van der Waals surface area (Å²) < 4.78 is 0. The molecule has 0 spiro atoms. The molecule has 0 bridgehead atoms. The van der Waals surface area contributed by atoms with Gasteiger partial charge in [-0.1, -0.05) is 143 Å². The zero-order valence-corrected chi connectivity index (χ0v) is 31.9. The average Bonchev–Trinajstić information content (AvgIpc) is 2.93. The van der Waals surface area contributed by atoms with E-state index in [2.05, 4.69) is 27.7 Å². The van der Waals surface area contributed by atoms with E-state index in [1.54, 1.807) is 0 Å². The fraction of sp³-hybridized carbons (Fsp3) is 0.882. The molecule has 0 amide bonds. The number of carbonyl (C=O) groups is 4. The molecule has 0 atom stereocenters. The molecule has 0 radical (unpaired) electrons. The van der Waals surface area contributed by atoms with Gasteiger partial charge in [-0.3, -0.25) is 0 Å². The van der Waals surface area contributed by atoms with Crippen LogP contribution >= 0.6 is 0 Å². The van der Waals surface area contributed by atoms with Crippen LogP contribution in [-0.2, 0) is 19.2 Å². The van der Waals surface area contributed by atoms with Crippen molar-refractivity contribution in [2.45, 2.75) is 195 Å². The van der Waals surface area contributed by atoms with Crippen LogP contribution in [0.3, 0.4) is 0 Å². The molecule has 0 aliphatic heterocycles. The first-order valence-electron chi connectivity index (χ1n) is 16.9. The van der Waals surface area contributed by atoms with Crippen molar-refractivity contribution in [3.05, 3.63) is 0 Å². The Balaban J connectivity index is -0.000000108. The van der Waals surface area contributed by atoms with E-state index in [9.17, 15) is 39.6 Å². The van der Waals surface area contributed by atoms with E-state index in [1.165, 1.54) is 77.0 Å². The van der Waals surface area contributed by atoms with Crippen LogP contribution in [0.1, 0.15) is 195 Å². The van der Waals surface area contributed by atoms with E-state index in [1.807, 2.05) is 0 Å². The van der Waals surface area contributed by atoms with Gasteiger partial charge in [0, 0.05) is 23.9 Å². The molecule has 0 heterocycles. The summed E-state index contributed by atoms with van der Waals surface area (Å²) >= 11 is 0. The summed E-state index contributed by atoms with van der Waals surface area (Å²) in [7, 11) is 0. The molecule has 8 nitrogen and oxygen atoms in total. The van der Waals surface area contributed by atoms with Crippen LogP contribution in [0.4, 0.5) is 0 Å². The van der Waals surface area contributed by atoms with E-state index in [4.69, 9.17) is 0 Å². The summed E-state index contributed by atoms with van der Waals surface area (Å²) in [5.41, 5.74) is 0. The third-order valence-corrected chi connectivity index (χ3v) is 6.44. The van der Waals surface area contributed by atoms with Crippen molar-refractivity contribution in [3.63, 3.8) is 0 Å². The number of carboxylic acids is 4. The van der Waals surface area contributed by atoms with Gasteiger partial charge in [-0.05, 0) is 51.4 Å². The Labute approximate surface area is 302 Å². The number of rotatable bonds is 26. The smallest absolute Gasteiger partial charge is 0.550 e. The number of aliphatic carboxylic acids is 4. The summed E-state index contributed by atoms with van der Waals surface area (Å²) in [6, 6.07) is 0. The van der Waals surface area contributed by atoms with Crippen LogP contribution < -0.4 is 20.4 Å². The van der Waals surface area contributed by atoms with Crippen molar-refractivity contribution in [2.75, 3.05) is 0 Å². The Morgan fingerprint density at radius 3 is 0.568 bits per heavy atom. The standard InChI is InChI=1S/2C9H18O2.2C8H16O2.2Mg/c2*1-2-3-4-5-6-7-8-9(10)11;2*1-2-3-4-5-6-7-8(9)10;;/h2*2-8H2,1H3,(H,10,11);2*2-7H2,1H3,(H,9,10);;/q;;;;2*+2/p-4. The van der Waals surface area contributed by atoms with Crippen molar-refractivity contribution in [3.8, 4) is 0 Å². The molecule has 0 fully saturated rings. The minimum Gasteiger partial charge on any atom is -0.550 e. The van der Waals surface area contributed by atoms with Gasteiger partial charge in [0.1, 0.15) is 0 Å². The zero-order valence-electron chi connectivity index (χ0n) is 29.1. The van der Waals surface area contributed by atoms with Gasteiger partial charge in [-0.15, -0.1) is 0 Å². The first-order valence-corrected chi connectivity index (χ1v) is 16.9. The third kappa shape index (κ3) is 78.2. The number of carboxylic acid groups (broad SMARTS) is 4. The predicted octanol–water partition coefficient (Wildman–Crippen LogP) is 4.41. The maximum atomic E-state index is 9.98. The first-order chi connectivity index (χ1) is 20.1. The maximum absolute atomic E-state index is 9.98. The Bertz CT molecular complexity index is 540. The van der Waals surface area contributed by atoms with Crippen LogP contribution in [-0.4, -0.2) is 70.0 Å².